The zero-order valence-corrected chi connectivity index (χ0v) is 16.9. The van der Waals surface area contributed by atoms with Crippen molar-refractivity contribution in [3.63, 3.8) is 0 Å². The maximum atomic E-state index is 12.7. The van der Waals surface area contributed by atoms with Crippen molar-refractivity contribution in [1.82, 2.24) is 4.57 Å². The number of sulfone groups is 1. The molecular formula is C18H17ClN2O3S2. The molecule has 1 amide bonds. The van der Waals surface area contributed by atoms with Crippen molar-refractivity contribution in [3.05, 3.63) is 57.3 Å². The number of carbonyl (C=O) groups excluding carboxylic acids is 1. The summed E-state index contributed by atoms with van der Waals surface area (Å²) in [6, 6.07) is 9.87. The first-order valence-electron chi connectivity index (χ1n) is 7.91. The second kappa shape index (κ2) is 6.98. The quantitative estimate of drug-likeness (QED) is 0.663. The van der Waals surface area contributed by atoms with Crippen LogP contribution in [-0.2, 0) is 16.9 Å². The first-order valence-corrected chi connectivity index (χ1v) is 10.8. The number of nitrogens with zero attached hydrogens (tertiary/aromatic N) is 2. The number of aryl methyl sites for hydroxylation is 2. The van der Waals surface area contributed by atoms with Gasteiger partial charge in [0.25, 0.3) is 5.91 Å². The van der Waals surface area contributed by atoms with Gasteiger partial charge < -0.3 is 4.57 Å². The molecule has 0 aliphatic heterocycles. The molecule has 0 saturated heterocycles. The van der Waals surface area contributed by atoms with Gasteiger partial charge in [-0.3, -0.25) is 4.79 Å². The standard InChI is InChI=1S/C18H17ClN2O3S2/c1-4-26(23,24)14-8-6-5-7-12(14)17(22)20-18-21(3)15-11(2)9-10-13(19)16(15)25-18/h5-10H,4H2,1-3H3. The Kier molecular flexibility index (Phi) is 5.05. The van der Waals surface area contributed by atoms with E-state index in [2.05, 4.69) is 4.99 Å². The summed E-state index contributed by atoms with van der Waals surface area (Å²) >= 11 is 7.56. The summed E-state index contributed by atoms with van der Waals surface area (Å²) in [7, 11) is -1.71. The highest BCUT2D eigenvalue weighted by Gasteiger charge is 2.20. The molecule has 5 nitrogen and oxygen atoms in total. The number of thiazole rings is 1. The number of rotatable bonds is 3. The summed E-state index contributed by atoms with van der Waals surface area (Å²) in [6.07, 6.45) is 0. The second-order valence-corrected chi connectivity index (χ2v) is 9.43. The van der Waals surface area contributed by atoms with Gasteiger partial charge in [0, 0.05) is 7.05 Å². The van der Waals surface area contributed by atoms with Crippen LogP contribution < -0.4 is 4.80 Å². The van der Waals surface area contributed by atoms with Crippen molar-refractivity contribution in [1.29, 1.82) is 0 Å². The molecule has 0 unspecified atom stereocenters. The Morgan fingerprint density at radius 3 is 2.58 bits per heavy atom. The molecular weight excluding hydrogens is 392 g/mol. The summed E-state index contributed by atoms with van der Waals surface area (Å²) in [6.45, 7) is 3.50. The van der Waals surface area contributed by atoms with E-state index in [9.17, 15) is 13.2 Å². The lowest BCUT2D eigenvalue weighted by Crippen LogP contribution is -2.16. The average molecular weight is 409 g/mol. The largest absolute Gasteiger partial charge is 0.319 e. The lowest BCUT2D eigenvalue weighted by molar-refractivity contribution is 0.0995. The zero-order chi connectivity index (χ0) is 19.1. The molecule has 8 heteroatoms. The monoisotopic (exact) mass is 408 g/mol. The van der Waals surface area contributed by atoms with Crippen molar-refractivity contribution < 1.29 is 13.2 Å². The smallest absolute Gasteiger partial charge is 0.280 e. The van der Waals surface area contributed by atoms with E-state index in [0.717, 1.165) is 15.8 Å². The number of fused-ring (bicyclic) bond motifs is 1. The maximum Gasteiger partial charge on any atom is 0.280 e. The van der Waals surface area contributed by atoms with Gasteiger partial charge in [-0.05, 0) is 30.7 Å². The highest BCUT2D eigenvalue weighted by atomic mass is 35.5. The third-order valence-electron chi connectivity index (χ3n) is 4.13. The van der Waals surface area contributed by atoms with Gasteiger partial charge in [-0.25, -0.2) is 8.42 Å². The van der Waals surface area contributed by atoms with Crippen molar-refractivity contribution in [2.75, 3.05) is 5.75 Å². The van der Waals surface area contributed by atoms with Crippen LogP contribution >= 0.6 is 22.9 Å². The highest BCUT2D eigenvalue weighted by molar-refractivity contribution is 7.91. The number of halogens is 1. The number of amides is 1. The second-order valence-electron chi connectivity index (χ2n) is 5.80. The fourth-order valence-corrected chi connectivity index (χ4v) is 5.18. The predicted molar refractivity (Wildman–Crippen MR) is 105 cm³/mol. The van der Waals surface area contributed by atoms with Gasteiger partial charge in [-0.1, -0.05) is 48.1 Å². The van der Waals surface area contributed by atoms with Gasteiger partial charge in [-0.15, -0.1) is 0 Å². The van der Waals surface area contributed by atoms with Crippen LogP contribution in [-0.4, -0.2) is 24.6 Å². The Balaban J connectivity index is 2.21. The van der Waals surface area contributed by atoms with Gasteiger partial charge in [0.15, 0.2) is 14.6 Å². The van der Waals surface area contributed by atoms with Crippen LogP contribution in [0.2, 0.25) is 5.02 Å². The normalized spacial score (nSPS) is 12.7. The first kappa shape index (κ1) is 18.8. The van der Waals surface area contributed by atoms with Crippen LogP contribution in [0, 0.1) is 6.92 Å². The molecule has 0 aliphatic rings. The van der Waals surface area contributed by atoms with E-state index < -0.39 is 15.7 Å². The Morgan fingerprint density at radius 2 is 1.92 bits per heavy atom. The minimum Gasteiger partial charge on any atom is -0.319 e. The third-order valence-corrected chi connectivity index (χ3v) is 7.51. The predicted octanol–water partition coefficient (Wildman–Crippen LogP) is 3.74. The molecule has 136 valence electrons. The lowest BCUT2D eigenvalue weighted by atomic mass is 10.2. The summed E-state index contributed by atoms with van der Waals surface area (Å²) in [4.78, 5) is 17.4. The molecule has 1 heterocycles. The molecule has 0 atom stereocenters. The molecule has 0 fully saturated rings. The third kappa shape index (κ3) is 3.22. The molecule has 0 saturated carbocycles. The Morgan fingerprint density at radius 1 is 1.23 bits per heavy atom. The first-order chi connectivity index (χ1) is 12.3. The number of benzene rings is 2. The van der Waals surface area contributed by atoms with E-state index in [1.807, 2.05) is 26.1 Å². The van der Waals surface area contributed by atoms with E-state index in [0.29, 0.717) is 9.82 Å². The molecule has 0 bridgehead atoms. The van der Waals surface area contributed by atoms with Gasteiger partial charge >= 0.3 is 0 Å². The maximum absolute atomic E-state index is 12.7. The topological polar surface area (TPSA) is 68.5 Å². The molecule has 2 aromatic carbocycles. The minimum atomic E-state index is -3.52. The number of hydrogen-bond acceptors (Lipinski definition) is 4. The van der Waals surface area contributed by atoms with Crippen LogP contribution in [0.25, 0.3) is 10.2 Å². The number of carbonyl (C=O) groups is 1. The van der Waals surface area contributed by atoms with E-state index in [1.54, 1.807) is 23.6 Å². The van der Waals surface area contributed by atoms with Crippen molar-refractivity contribution in [2.24, 2.45) is 12.0 Å². The van der Waals surface area contributed by atoms with E-state index >= 15 is 0 Å². The molecule has 3 aromatic rings. The Hall–Kier alpha value is -1.96. The van der Waals surface area contributed by atoms with Crippen LogP contribution in [0.15, 0.2) is 46.3 Å². The summed E-state index contributed by atoms with van der Waals surface area (Å²) in [5.41, 5.74) is 2.00. The van der Waals surface area contributed by atoms with Crippen LogP contribution in [0.4, 0.5) is 0 Å². The average Bonchev–Trinajstić information content (AvgIpc) is 2.96. The summed E-state index contributed by atoms with van der Waals surface area (Å²) < 4.78 is 27.2. The molecule has 3 rings (SSSR count). The Bertz CT molecular complexity index is 1190. The zero-order valence-electron chi connectivity index (χ0n) is 14.5. The summed E-state index contributed by atoms with van der Waals surface area (Å²) in [5.74, 6) is -0.670. The molecule has 26 heavy (non-hydrogen) atoms. The summed E-state index contributed by atoms with van der Waals surface area (Å²) in [5, 5.41) is 0.592. The van der Waals surface area contributed by atoms with Crippen LogP contribution in [0.1, 0.15) is 22.8 Å². The molecule has 0 radical (unpaired) electrons. The van der Waals surface area contributed by atoms with Crippen LogP contribution in [0.5, 0.6) is 0 Å². The molecule has 0 aliphatic carbocycles. The van der Waals surface area contributed by atoms with E-state index in [-0.39, 0.29) is 16.2 Å². The van der Waals surface area contributed by atoms with Crippen molar-refractivity contribution in [3.8, 4) is 0 Å². The van der Waals surface area contributed by atoms with Crippen molar-refractivity contribution in [2.45, 2.75) is 18.7 Å². The van der Waals surface area contributed by atoms with Crippen LogP contribution in [0.3, 0.4) is 0 Å². The Labute approximate surface area is 160 Å². The van der Waals surface area contributed by atoms with E-state index in [4.69, 9.17) is 11.6 Å². The molecule has 1 aromatic heterocycles. The molecule has 0 N–H and O–H groups in total. The fraction of sp³-hybridized carbons (Fsp3) is 0.222. The minimum absolute atomic E-state index is 0.00854. The lowest BCUT2D eigenvalue weighted by Gasteiger charge is -2.05. The number of aromatic nitrogens is 1. The van der Waals surface area contributed by atoms with Crippen molar-refractivity contribution >= 4 is 48.9 Å². The van der Waals surface area contributed by atoms with Gasteiger partial charge in [0.05, 0.1) is 31.5 Å². The SMILES string of the molecule is CCS(=O)(=O)c1ccccc1C(=O)N=c1sc2c(Cl)ccc(C)c2n1C. The fourth-order valence-electron chi connectivity index (χ4n) is 2.73. The van der Waals surface area contributed by atoms with Gasteiger partial charge in [0.2, 0.25) is 0 Å². The highest BCUT2D eigenvalue weighted by Crippen LogP contribution is 2.28. The number of hydrogen-bond donors (Lipinski definition) is 0. The van der Waals surface area contributed by atoms with E-state index in [1.165, 1.54) is 23.5 Å². The van der Waals surface area contributed by atoms with Gasteiger partial charge in [0.1, 0.15) is 0 Å². The molecule has 0 spiro atoms. The van der Waals surface area contributed by atoms with Gasteiger partial charge in [-0.2, -0.15) is 4.99 Å².